The van der Waals surface area contributed by atoms with Gasteiger partial charge in [0.2, 0.25) is 0 Å². The van der Waals surface area contributed by atoms with Crippen LogP contribution in [0.4, 0.5) is 0 Å². The fourth-order valence-corrected chi connectivity index (χ4v) is 2.84. The standard InChI is InChI=1S/C20H16ClNO2/c1-14-7-9-17(10-8-14)22-12-16(13-23)19(21)18(20(22)24)11-15-5-3-2-4-6-15/h2-10,12-13H,11H2,1H3. The normalized spacial score (nSPS) is 10.6. The highest BCUT2D eigenvalue weighted by molar-refractivity contribution is 6.33. The first kappa shape index (κ1) is 16.2. The number of nitrogens with zero attached hydrogens (tertiary/aromatic N) is 1. The summed E-state index contributed by atoms with van der Waals surface area (Å²) in [5, 5.41) is 0.224. The summed E-state index contributed by atoms with van der Waals surface area (Å²) >= 11 is 6.30. The van der Waals surface area contributed by atoms with Crippen LogP contribution in [0.25, 0.3) is 5.69 Å². The number of hydrogen-bond donors (Lipinski definition) is 0. The molecule has 3 aromatic rings. The number of carbonyl (C=O) groups excluding carboxylic acids is 1. The Hall–Kier alpha value is -2.65. The monoisotopic (exact) mass is 337 g/mol. The van der Waals surface area contributed by atoms with Gasteiger partial charge >= 0.3 is 0 Å². The molecule has 1 heterocycles. The lowest BCUT2D eigenvalue weighted by molar-refractivity contribution is 0.112. The van der Waals surface area contributed by atoms with E-state index in [0.717, 1.165) is 11.1 Å². The smallest absolute Gasteiger partial charge is 0.260 e. The maximum Gasteiger partial charge on any atom is 0.260 e. The third kappa shape index (κ3) is 3.17. The van der Waals surface area contributed by atoms with Crippen molar-refractivity contribution < 1.29 is 4.79 Å². The molecule has 3 nitrogen and oxygen atoms in total. The summed E-state index contributed by atoms with van der Waals surface area (Å²) in [6.07, 6.45) is 2.56. The van der Waals surface area contributed by atoms with Gasteiger partial charge in [-0.15, -0.1) is 0 Å². The number of aromatic nitrogens is 1. The van der Waals surface area contributed by atoms with Crippen molar-refractivity contribution in [3.05, 3.63) is 98.4 Å². The summed E-state index contributed by atoms with van der Waals surface area (Å²) in [4.78, 5) is 24.3. The second-order valence-electron chi connectivity index (χ2n) is 5.67. The lowest BCUT2D eigenvalue weighted by atomic mass is 10.0. The molecule has 0 aliphatic rings. The quantitative estimate of drug-likeness (QED) is 0.669. The molecule has 0 fully saturated rings. The number of aldehydes is 1. The average Bonchev–Trinajstić information content (AvgIpc) is 2.61. The van der Waals surface area contributed by atoms with Crippen LogP contribution in [0.2, 0.25) is 5.02 Å². The van der Waals surface area contributed by atoms with Crippen molar-refractivity contribution in [2.24, 2.45) is 0 Å². The molecule has 3 rings (SSSR count). The predicted molar refractivity (Wildman–Crippen MR) is 96.4 cm³/mol. The van der Waals surface area contributed by atoms with E-state index in [2.05, 4.69) is 0 Å². The fraction of sp³-hybridized carbons (Fsp3) is 0.100. The Labute approximate surface area is 145 Å². The lowest BCUT2D eigenvalue weighted by Gasteiger charge is -2.12. The largest absolute Gasteiger partial charge is 0.298 e. The maximum absolute atomic E-state index is 12.9. The van der Waals surface area contributed by atoms with Gasteiger partial charge in [0.25, 0.3) is 5.56 Å². The van der Waals surface area contributed by atoms with E-state index in [-0.39, 0.29) is 10.6 Å². The molecule has 0 N–H and O–H groups in total. The first-order chi connectivity index (χ1) is 11.6. The fourth-order valence-electron chi connectivity index (χ4n) is 2.60. The Kier molecular flexibility index (Phi) is 4.63. The molecular weight excluding hydrogens is 322 g/mol. The zero-order chi connectivity index (χ0) is 17.1. The second kappa shape index (κ2) is 6.85. The highest BCUT2D eigenvalue weighted by atomic mass is 35.5. The van der Waals surface area contributed by atoms with Crippen molar-refractivity contribution in [3.63, 3.8) is 0 Å². The van der Waals surface area contributed by atoms with Crippen LogP contribution < -0.4 is 5.56 Å². The van der Waals surface area contributed by atoms with Crippen molar-refractivity contribution in [3.8, 4) is 5.69 Å². The minimum Gasteiger partial charge on any atom is -0.298 e. The van der Waals surface area contributed by atoms with Gasteiger partial charge in [0, 0.05) is 23.9 Å². The zero-order valence-corrected chi connectivity index (χ0v) is 14.0. The number of halogens is 1. The minimum absolute atomic E-state index is 0.210. The summed E-state index contributed by atoms with van der Waals surface area (Å²) < 4.78 is 1.48. The summed E-state index contributed by atoms with van der Waals surface area (Å²) in [7, 11) is 0. The van der Waals surface area contributed by atoms with Crippen LogP contribution in [-0.2, 0) is 6.42 Å². The number of carbonyl (C=O) groups is 1. The van der Waals surface area contributed by atoms with Crippen molar-refractivity contribution in [2.45, 2.75) is 13.3 Å². The topological polar surface area (TPSA) is 39.1 Å². The van der Waals surface area contributed by atoms with Gasteiger partial charge in [-0.25, -0.2) is 0 Å². The molecule has 2 aromatic carbocycles. The molecule has 0 radical (unpaired) electrons. The van der Waals surface area contributed by atoms with Gasteiger partial charge in [-0.05, 0) is 24.6 Å². The van der Waals surface area contributed by atoms with E-state index in [4.69, 9.17) is 11.6 Å². The number of rotatable bonds is 4. The van der Waals surface area contributed by atoms with Crippen molar-refractivity contribution in [1.82, 2.24) is 4.57 Å². The van der Waals surface area contributed by atoms with Gasteiger partial charge < -0.3 is 0 Å². The van der Waals surface area contributed by atoms with Crippen LogP contribution in [0, 0.1) is 6.92 Å². The van der Waals surface area contributed by atoms with Crippen molar-refractivity contribution in [1.29, 1.82) is 0 Å². The molecule has 0 unspecified atom stereocenters. The summed E-state index contributed by atoms with van der Waals surface area (Å²) in [5.41, 5.74) is 3.30. The van der Waals surface area contributed by atoms with E-state index in [0.29, 0.717) is 29.5 Å². The predicted octanol–water partition coefficient (Wildman–Crippen LogP) is 4.20. The van der Waals surface area contributed by atoms with E-state index < -0.39 is 0 Å². The van der Waals surface area contributed by atoms with E-state index in [1.165, 1.54) is 10.8 Å². The Morgan fingerprint density at radius 1 is 1.04 bits per heavy atom. The van der Waals surface area contributed by atoms with E-state index in [1.54, 1.807) is 0 Å². The molecule has 24 heavy (non-hydrogen) atoms. The summed E-state index contributed by atoms with van der Waals surface area (Å²) in [5.74, 6) is 0. The summed E-state index contributed by atoms with van der Waals surface area (Å²) in [6, 6.07) is 17.1. The zero-order valence-electron chi connectivity index (χ0n) is 13.2. The molecule has 0 aliphatic heterocycles. The number of pyridine rings is 1. The Morgan fingerprint density at radius 2 is 1.71 bits per heavy atom. The van der Waals surface area contributed by atoms with E-state index >= 15 is 0 Å². The average molecular weight is 338 g/mol. The van der Waals surface area contributed by atoms with Crippen LogP contribution in [0.1, 0.15) is 27.0 Å². The molecule has 0 saturated carbocycles. The second-order valence-corrected chi connectivity index (χ2v) is 6.05. The molecule has 0 amide bonds. The molecule has 0 spiro atoms. The molecular formula is C20H16ClNO2. The Bertz CT molecular complexity index is 928. The maximum atomic E-state index is 12.9. The molecule has 0 atom stereocenters. The first-order valence-electron chi connectivity index (χ1n) is 7.60. The summed E-state index contributed by atoms with van der Waals surface area (Å²) in [6.45, 7) is 1.98. The molecule has 0 bridgehead atoms. The van der Waals surface area contributed by atoms with Crippen LogP contribution >= 0.6 is 11.6 Å². The Balaban J connectivity index is 2.17. The van der Waals surface area contributed by atoms with Gasteiger partial charge in [-0.2, -0.15) is 0 Å². The highest BCUT2D eigenvalue weighted by Gasteiger charge is 2.15. The van der Waals surface area contributed by atoms with Crippen LogP contribution in [0.15, 0.2) is 65.6 Å². The Morgan fingerprint density at radius 3 is 2.33 bits per heavy atom. The van der Waals surface area contributed by atoms with Gasteiger partial charge in [0.1, 0.15) is 0 Å². The molecule has 0 aliphatic carbocycles. The SMILES string of the molecule is Cc1ccc(-n2cc(C=O)c(Cl)c(Cc3ccccc3)c2=O)cc1. The first-order valence-corrected chi connectivity index (χ1v) is 7.98. The molecule has 120 valence electrons. The highest BCUT2D eigenvalue weighted by Crippen LogP contribution is 2.21. The molecule has 0 saturated heterocycles. The van der Waals surface area contributed by atoms with Gasteiger partial charge in [0.15, 0.2) is 6.29 Å². The van der Waals surface area contributed by atoms with Crippen molar-refractivity contribution >= 4 is 17.9 Å². The van der Waals surface area contributed by atoms with Gasteiger partial charge in [-0.1, -0.05) is 59.6 Å². The molecule has 1 aromatic heterocycles. The van der Waals surface area contributed by atoms with Crippen LogP contribution in [0.5, 0.6) is 0 Å². The number of hydrogen-bond acceptors (Lipinski definition) is 2. The van der Waals surface area contributed by atoms with Gasteiger partial charge in [0.05, 0.1) is 10.6 Å². The van der Waals surface area contributed by atoms with E-state index in [1.807, 2.05) is 61.5 Å². The van der Waals surface area contributed by atoms with Crippen molar-refractivity contribution in [2.75, 3.05) is 0 Å². The minimum atomic E-state index is -0.210. The van der Waals surface area contributed by atoms with Crippen LogP contribution in [0.3, 0.4) is 0 Å². The third-order valence-corrected chi connectivity index (χ3v) is 4.37. The third-order valence-electron chi connectivity index (χ3n) is 3.93. The van der Waals surface area contributed by atoms with E-state index in [9.17, 15) is 9.59 Å². The van der Waals surface area contributed by atoms with Crippen LogP contribution in [-0.4, -0.2) is 10.9 Å². The number of benzene rings is 2. The van der Waals surface area contributed by atoms with Gasteiger partial charge in [-0.3, -0.25) is 14.2 Å². The number of aryl methyl sites for hydroxylation is 1. The lowest BCUT2D eigenvalue weighted by Crippen LogP contribution is -2.24. The molecule has 4 heteroatoms.